The van der Waals surface area contributed by atoms with Gasteiger partial charge in [0.05, 0.1) is 6.73 Å². The Balaban J connectivity index is 0. The highest BCUT2D eigenvalue weighted by molar-refractivity contribution is 5.37. The highest BCUT2D eigenvalue weighted by Crippen LogP contribution is 1.62. The summed E-state index contributed by atoms with van der Waals surface area (Å²) in [5.41, 5.74) is 4.40. The number of rotatable bonds is 3. The first-order chi connectivity index (χ1) is 4.33. The number of ether oxygens (including phenoxy) is 1. The predicted molar refractivity (Wildman–Crippen MR) is 33.5 cm³/mol. The van der Waals surface area contributed by atoms with Gasteiger partial charge in [-0.2, -0.15) is 0 Å². The molecule has 0 saturated heterocycles. The highest BCUT2D eigenvalue weighted by Gasteiger charge is 1.65. The van der Waals surface area contributed by atoms with Crippen LogP contribution in [0.4, 0.5) is 0 Å². The Hall–Kier alpha value is -0.870. The topological polar surface area (TPSA) is 72.5 Å². The molecule has 0 aromatic rings. The van der Waals surface area contributed by atoms with Crippen molar-refractivity contribution in [3.05, 3.63) is 12.7 Å². The van der Waals surface area contributed by atoms with Crippen molar-refractivity contribution in [1.29, 1.82) is 0 Å². The second-order valence-corrected chi connectivity index (χ2v) is 0.901. The van der Waals surface area contributed by atoms with Crippen molar-refractivity contribution in [2.45, 2.75) is 0 Å². The Bertz CT molecular complexity index is 57.2. The van der Waals surface area contributed by atoms with Crippen LogP contribution in [-0.2, 0) is 9.53 Å². The third-order valence-corrected chi connectivity index (χ3v) is 0.282. The first-order valence-corrected chi connectivity index (χ1v) is 2.30. The SMILES string of the molecule is C=CCOC=O.NCO. The minimum absolute atomic E-state index is 0.250. The van der Waals surface area contributed by atoms with Gasteiger partial charge in [-0.25, -0.2) is 0 Å². The van der Waals surface area contributed by atoms with Gasteiger partial charge in [-0.1, -0.05) is 12.7 Å². The molecule has 4 nitrogen and oxygen atoms in total. The summed E-state index contributed by atoms with van der Waals surface area (Å²) in [6.45, 7) is 3.76. The van der Waals surface area contributed by atoms with Gasteiger partial charge in [0.25, 0.3) is 6.47 Å². The number of carbonyl (C=O) groups is 1. The zero-order valence-electron chi connectivity index (χ0n) is 5.12. The Morgan fingerprint density at radius 2 is 2.22 bits per heavy atom. The van der Waals surface area contributed by atoms with E-state index in [2.05, 4.69) is 17.0 Å². The lowest BCUT2D eigenvalue weighted by atomic mass is 10.7. The van der Waals surface area contributed by atoms with Crippen LogP contribution in [0.25, 0.3) is 0 Å². The number of nitrogens with two attached hydrogens (primary N) is 1. The predicted octanol–water partition coefficient (Wildman–Crippen LogP) is -0.760. The summed E-state index contributed by atoms with van der Waals surface area (Å²) >= 11 is 0. The fourth-order valence-corrected chi connectivity index (χ4v) is 0.107. The molecule has 0 heterocycles. The molecule has 0 saturated carbocycles. The van der Waals surface area contributed by atoms with Gasteiger partial charge in [-0.15, -0.1) is 0 Å². The molecule has 54 valence electrons. The van der Waals surface area contributed by atoms with Gasteiger partial charge >= 0.3 is 0 Å². The Labute approximate surface area is 53.9 Å². The van der Waals surface area contributed by atoms with Crippen molar-refractivity contribution in [3.8, 4) is 0 Å². The molecule has 0 radical (unpaired) electrons. The number of hydrogen-bond donors (Lipinski definition) is 2. The molecule has 0 aromatic heterocycles. The van der Waals surface area contributed by atoms with E-state index in [4.69, 9.17) is 5.11 Å². The third kappa shape index (κ3) is 41.4. The van der Waals surface area contributed by atoms with Crippen LogP contribution in [0.3, 0.4) is 0 Å². The summed E-state index contributed by atoms with van der Waals surface area (Å²) in [6.07, 6.45) is 1.51. The Morgan fingerprint density at radius 1 is 1.78 bits per heavy atom. The minimum atomic E-state index is -0.250. The second-order valence-electron chi connectivity index (χ2n) is 0.901. The molecule has 0 atom stereocenters. The molecule has 0 aromatic carbocycles. The normalized spacial score (nSPS) is 6.44. The summed E-state index contributed by atoms with van der Waals surface area (Å²) in [7, 11) is 0. The molecule has 0 spiro atoms. The first-order valence-electron chi connectivity index (χ1n) is 2.30. The molecule has 0 unspecified atom stereocenters. The molecule has 0 aliphatic rings. The van der Waals surface area contributed by atoms with E-state index in [0.717, 1.165) is 0 Å². The van der Waals surface area contributed by atoms with E-state index in [1.807, 2.05) is 0 Å². The molecular weight excluding hydrogens is 122 g/mol. The van der Waals surface area contributed by atoms with Gasteiger partial charge in [0, 0.05) is 0 Å². The molecule has 0 bridgehead atoms. The third-order valence-electron chi connectivity index (χ3n) is 0.282. The average Bonchev–Trinajstić information content (AvgIpc) is 1.86. The van der Waals surface area contributed by atoms with Gasteiger partial charge in [-0.3, -0.25) is 4.79 Å². The lowest BCUT2D eigenvalue weighted by Gasteiger charge is -1.82. The van der Waals surface area contributed by atoms with Gasteiger partial charge in [0.2, 0.25) is 0 Å². The molecule has 9 heavy (non-hydrogen) atoms. The Morgan fingerprint density at radius 3 is 2.33 bits per heavy atom. The van der Waals surface area contributed by atoms with Crippen molar-refractivity contribution in [1.82, 2.24) is 0 Å². The van der Waals surface area contributed by atoms with Crippen molar-refractivity contribution >= 4 is 6.47 Å². The lowest BCUT2D eigenvalue weighted by molar-refractivity contribution is -0.127. The van der Waals surface area contributed by atoms with Crippen LogP contribution in [0, 0.1) is 0 Å². The molecule has 0 amide bonds. The standard InChI is InChI=1S/C4H6O2.CH5NO/c1-2-3-6-4-5;2-1-3/h2,4H,1,3H2;3H,1-2H2. The van der Waals surface area contributed by atoms with Gasteiger partial charge in [0.15, 0.2) is 0 Å². The summed E-state index contributed by atoms with van der Waals surface area (Å²) in [5, 5.41) is 7.35. The van der Waals surface area contributed by atoms with E-state index >= 15 is 0 Å². The molecule has 0 aliphatic carbocycles. The first kappa shape index (κ1) is 11.0. The number of carbonyl (C=O) groups excluding carboxylic acids is 1. The quantitative estimate of drug-likeness (QED) is 0.230. The van der Waals surface area contributed by atoms with Crippen LogP contribution in [0.2, 0.25) is 0 Å². The summed E-state index contributed by atoms with van der Waals surface area (Å²) < 4.78 is 4.18. The largest absolute Gasteiger partial charge is 0.464 e. The van der Waals surface area contributed by atoms with E-state index in [1.165, 1.54) is 6.08 Å². The van der Waals surface area contributed by atoms with Crippen molar-refractivity contribution in [2.75, 3.05) is 13.3 Å². The number of aliphatic hydroxyl groups is 1. The van der Waals surface area contributed by atoms with E-state index in [9.17, 15) is 4.79 Å². The zero-order valence-corrected chi connectivity index (χ0v) is 5.12. The Kier molecular flexibility index (Phi) is 19.2. The fraction of sp³-hybridized carbons (Fsp3) is 0.400. The van der Waals surface area contributed by atoms with Crippen molar-refractivity contribution in [2.24, 2.45) is 5.73 Å². The summed E-state index contributed by atoms with van der Waals surface area (Å²) in [4.78, 5) is 9.29. The van der Waals surface area contributed by atoms with E-state index in [-0.39, 0.29) is 6.73 Å². The molecule has 0 aliphatic heterocycles. The lowest BCUT2D eigenvalue weighted by Crippen LogP contribution is -1.92. The van der Waals surface area contributed by atoms with Crippen LogP contribution in [0.1, 0.15) is 0 Å². The van der Waals surface area contributed by atoms with Crippen LogP contribution < -0.4 is 5.73 Å². The maximum absolute atomic E-state index is 9.29. The average molecular weight is 133 g/mol. The molecule has 0 fully saturated rings. The van der Waals surface area contributed by atoms with Crippen LogP contribution in [-0.4, -0.2) is 24.9 Å². The van der Waals surface area contributed by atoms with E-state index in [0.29, 0.717) is 13.1 Å². The maximum Gasteiger partial charge on any atom is 0.293 e. The fourth-order valence-electron chi connectivity index (χ4n) is 0.107. The minimum Gasteiger partial charge on any atom is -0.464 e. The second kappa shape index (κ2) is 15.7. The number of aliphatic hydroxyl groups excluding tert-OH is 1. The summed E-state index contributed by atoms with van der Waals surface area (Å²) in [5.74, 6) is 0. The van der Waals surface area contributed by atoms with Crippen molar-refractivity contribution < 1.29 is 14.6 Å². The van der Waals surface area contributed by atoms with E-state index < -0.39 is 0 Å². The van der Waals surface area contributed by atoms with Crippen LogP contribution in [0.5, 0.6) is 0 Å². The van der Waals surface area contributed by atoms with Crippen LogP contribution >= 0.6 is 0 Å². The number of hydrogen-bond acceptors (Lipinski definition) is 4. The van der Waals surface area contributed by atoms with Gasteiger partial charge in [-0.05, 0) is 0 Å². The van der Waals surface area contributed by atoms with Crippen molar-refractivity contribution in [3.63, 3.8) is 0 Å². The monoisotopic (exact) mass is 133 g/mol. The van der Waals surface area contributed by atoms with Gasteiger partial charge in [0.1, 0.15) is 6.61 Å². The zero-order chi connectivity index (χ0) is 7.54. The molecule has 4 heteroatoms. The van der Waals surface area contributed by atoms with Crippen LogP contribution in [0.15, 0.2) is 12.7 Å². The maximum atomic E-state index is 9.29. The molecule has 0 rings (SSSR count). The van der Waals surface area contributed by atoms with Gasteiger partial charge < -0.3 is 15.6 Å². The highest BCUT2D eigenvalue weighted by atomic mass is 16.5. The molecule has 3 N–H and O–H groups in total. The van der Waals surface area contributed by atoms with E-state index in [1.54, 1.807) is 0 Å². The summed E-state index contributed by atoms with van der Waals surface area (Å²) in [6, 6.07) is 0. The smallest absolute Gasteiger partial charge is 0.293 e. The molecular formula is C5H11NO3.